The third kappa shape index (κ3) is 3.33. The number of hydrogen-bond donors (Lipinski definition) is 2. The second-order valence-corrected chi connectivity index (χ2v) is 5.20. The molecule has 0 saturated carbocycles. The van der Waals surface area contributed by atoms with E-state index in [1.165, 1.54) is 0 Å². The van der Waals surface area contributed by atoms with E-state index in [2.05, 4.69) is 5.32 Å². The zero-order chi connectivity index (χ0) is 13.8. The lowest BCUT2D eigenvalue weighted by Gasteiger charge is -2.23. The van der Waals surface area contributed by atoms with Crippen molar-refractivity contribution in [2.75, 3.05) is 6.61 Å². The average Bonchev–Trinajstić information content (AvgIpc) is 2.83. The zero-order valence-corrected chi connectivity index (χ0v) is 11.5. The molecular formula is C15H22N2O2. The second-order valence-electron chi connectivity index (χ2n) is 5.20. The minimum absolute atomic E-state index is 0.00120. The molecule has 4 atom stereocenters. The largest absolute Gasteiger partial charge is 0.376 e. The summed E-state index contributed by atoms with van der Waals surface area (Å²) in [6, 6.07) is 9.56. The molecule has 4 nitrogen and oxygen atoms in total. The maximum atomic E-state index is 12.2. The van der Waals surface area contributed by atoms with Crippen LogP contribution in [0.1, 0.15) is 31.9 Å². The molecule has 0 aromatic heterocycles. The number of ether oxygens (including phenoxy) is 1. The Kier molecular flexibility index (Phi) is 4.56. The van der Waals surface area contributed by atoms with Gasteiger partial charge in [0.25, 0.3) is 0 Å². The van der Waals surface area contributed by atoms with Gasteiger partial charge in [-0.1, -0.05) is 37.3 Å². The minimum atomic E-state index is -0.279. The van der Waals surface area contributed by atoms with Crippen molar-refractivity contribution >= 4 is 5.91 Å². The number of hydrogen-bond acceptors (Lipinski definition) is 3. The molecule has 0 aliphatic carbocycles. The number of benzene rings is 1. The first-order valence-corrected chi connectivity index (χ1v) is 6.82. The molecule has 104 valence electrons. The van der Waals surface area contributed by atoms with E-state index in [0.29, 0.717) is 6.61 Å². The summed E-state index contributed by atoms with van der Waals surface area (Å²) >= 11 is 0. The van der Waals surface area contributed by atoms with E-state index in [0.717, 1.165) is 12.0 Å². The smallest absolute Gasteiger partial charge is 0.225 e. The summed E-state index contributed by atoms with van der Waals surface area (Å²) in [5.41, 5.74) is 7.14. The van der Waals surface area contributed by atoms with Crippen LogP contribution in [0.15, 0.2) is 30.3 Å². The Morgan fingerprint density at radius 2 is 2.11 bits per heavy atom. The Balaban J connectivity index is 1.95. The van der Waals surface area contributed by atoms with Crippen molar-refractivity contribution in [3.8, 4) is 0 Å². The Morgan fingerprint density at radius 1 is 1.42 bits per heavy atom. The number of nitrogens with one attached hydrogen (secondary N) is 1. The van der Waals surface area contributed by atoms with E-state index in [1.54, 1.807) is 0 Å². The van der Waals surface area contributed by atoms with Gasteiger partial charge >= 0.3 is 0 Å². The van der Waals surface area contributed by atoms with Crippen LogP contribution < -0.4 is 11.1 Å². The maximum Gasteiger partial charge on any atom is 0.225 e. The monoisotopic (exact) mass is 262 g/mol. The molecule has 1 aliphatic heterocycles. The fourth-order valence-electron chi connectivity index (χ4n) is 2.36. The summed E-state index contributed by atoms with van der Waals surface area (Å²) in [7, 11) is 0. The van der Waals surface area contributed by atoms with E-state index in [9.17, 15) is 4.79 Å². The quantitative estimate of drug-likeness (QED) is 0.866. The molecule has 2 rings (SSSR count). The summed E-state index contributed by atoms with van der Waals surface area (Å²) in [5, 5.41) is 3.04. The molecule has 1 aromatic rings. The predicted octanol–water partition coefficient (Wildman–Crippen LogP) is 1.62. The van der Waals surface area contributed by atoms with Gasteiger partial charge in [0.15, 0.2) is 0 Å². The highest BCUT2D eigenvalue weighted by molar-refractivity contribution is 5.79. The first-order chi connectivity index (χ1) is 9.09. The topological polar surface area (TPSA) is 64.3 Å². The average molecular weight is 262 g/mol. The lowest BCUT2D eigenvalue weighted by Crippen LogP contribution is -2.44. The molecule has 1 saturated heterocycles. The molecule has 1 fully saturated rings. The standard InChI is InChI=1S/C15H22N2O2/c1-10(14(16)12-6-4-3-5-7-12)15(18)17-13-8-9-19-11(13)2/h3-7,10-11,13-14H,8-9,16H2,1-2H3,(H,17,18). The molecule has 1 aromatic carbocycles. The Morgan fingerprint density at radius 3 is 2.68 bits per heavy atom. The second kappa shape index (κ2) is 6.17. The molecule has 1 heterocycles. The number of amides is 1. The van der Waals surface area contributed by atoms with Gasteiger partial charge in [-0.25, -0.2) is 0 Å². The fraction of sp³-hybridized carbons (Fsp3) is 0.533. The zero-order valence-electron chi connectivity index (χ0n) is 11.5. The van der Waals surface area contributed by atoms with Crippen molar-refractivity contribution in [1.29, 1.82) is 0 Å². The predicted molar refractivity (Wildman–Crippen MR) is 74.5 cm³/mol. The summed E-state index contributed by atoms with van der Waals surface area (Å²) in [5.74, 6) is -0.256. The molecule has 0 radical (unpaired) electrons. The fourth-order valence-corrected chi connectivity index (χ4v) is 2.36. The normalized spacial score (nSPS) is 25.8. The van der Waals surface area contributed by atoms with Crippen LogP contribution in [0.2, 0.25) is 0 Å². The summed E-state index contributed by atoms with van der Waals surface area (Å²) in [6.45, 7) is 4.57. The summed E-state index contributed by atoms with van der Waals surface area (Å²) in [6.07, 6.45) is 0.962. The van der Waals surface area contributed by atoms with Crippen LogP contribution in [0.4, 0.5) is 0 Å². The van der Waals surface area contributed by atoms with Crippen molar-refractivity contribution in [3.63, 3.8) is 0 Å². The van der Waals surface area contributed by atoms with Crippen molar-refractivity contribution in [3.05, 3.63) is 35.9 Å². The first-order valence-electron chi connectivity index (χ1n) is 6.82. The Labute approximate surface area is 114 Å². The summed E-state index contributed by atoms with van der Waals surface area (Å²) in [4.78, 5) is 12.2. The summed E-state index contributed by atoms with van der Waals surface area (Å²) < 4.78 is 5.45. The molecular weight excluding hydrogens is 240 g/mol. The Bertz CT molecular complexity index is 421. The van der Waals surface area contributed by atoms with Gasteiger partial charge < -0.3 is 15.8 Å². The van der Waals surface area contributed by atoms with E-state index >= 15 is 0 Å². The highest BCUT2D eigenvalue weighted by Gasteiger charge is 2.29. The van der Waals surface area contributed by atoms with E-state index in [-0.39, 0.29) is 30.0 Å². The molecule has 4 unspecified atom stereocenters. The van der Waals surface area contributed by atoms with E-state index in [1.807, 2.05) is 44.2 Å². The van der Waals surface area contributed by atoms with Gasteiger partial charge in [-0.2, -0.15) is 0 Å². The number of carbonyl (C=O) groups is 1. The Hall–Kier alpha value is -1.39. The van der Waals surface area contributed by atoms with Crippen LogP contribution in [0.3, 0.4) is 0 Å². The number of rotatable bonds is 4. The molecule has 3 N–H and O–H groups in total. The van der Waals surface area contributed by atoms with Gasteiger partial charge in [-0.3, -0.25) is 4.79 Å². The third-order valence-electron chi connectivity index (χ3n) is 3.84. The van der Waals surface area contributed by atoms with Gasteiger partial charge in [-0.05, 0) is 18.9 Å². The van der Waals surface area contributed by atoms with Crippen LogP contribution in [0, 0.1) is 5.92 Å². The van der Waals surface area contributed by atoms with Crippen molar-refractivity contribution in [1.82, 2.24) is 5.32 Å². The van der Waals surface area contributed by atoms with Crippen molar-refractivity contribution in [2.24, 2.45) is 11.7 Å². The number of nitrogens with two attached hydrogens (primary N) is 1. The molecule has 0 spiro atoms. The number of carbonyl (C=O) groups excluding carboxylic acids is 1. The van der Waals surface area contributed by atoms with Crippen molar-refractivity contribution < 1.29 is 9.53 Å². The molecule has 1 amide bonds. The van der Waals surface area contributed by atoms with Crippen LogP contribution in [-0.2, 0) is 9.53 Å². The van der Waals surface area contributed by atoms with Crippen LogP contribution in [-0.4, -0.2) is 24.7 Å². The molecule has 19 heavy (non-hydrogen) atoms. The lowest BCUT2D eigenvalue weighted by molar-refractivity contribution is -0.126. The molecule has 4 heteroatoms. The van der Waals surface area contributed by atoms with E-state index < -0.39 is 0 Å². The van der Waals surface area contributed by atoms with Crippen molar-refractivity contribution in [2.45, 2.75) is 38.5 Å². The molecule has 0 bridgehead atoms. The van der Waals surface area contributed by atoms with Gasteiger partial charge in [0.05, 0.1) is 18.1 Å². The van der Waals surface area contributed by atoms with Gasteiger partial charge in [-0.15, -0.1) is 0 Å². The van der Waals surface area contributed by atoms with E-state index in [4.69, 9.17) is 10.5 Å². The van der Waals surface area contributed by atoms with Gasteiger partial charge in [0, 0.05) is 12.6 Å². The lowest BCUT2D eigenvalue weighted by atomic mass is 9.94. The highest BCUT2D eigenvalue weighted by Crippen LogP contribution is 2.20. The van der Waals surface area contributed by atoms with Crippen LogP contribution in [0.5, 0.6) is 0 Å². The van der Waals surface area contributed by atoms with Crippen LogP contribution in [0.25, 0.3) is 0 Å². The van der Waals surface area contributed by atoms with Gasteiger partial charge in [0.1, 0.15) is 0 Å². The molecule has 1 aliphatic rings. The SMILES string of the molecule is CC1OCCC1NC(=O)C(C)C(N)c1ccccc1. The first kappa shape index (κ1) is 14.0. The highest BCUT2D eigenvalue weighted by atomic mass is 16.5. The van der Waals surface area contributed by atoms with Gasteiger partial charge in [0.2, 0.25) is 5.91 Å². The maximum absolute atomic E-state index is 12.2. The minimum Gasteiger partial charge on any atom is -0.376 e. The van der Waals surface area contributed by atoms with Crippen LogP contribution >= 0.6 is 0 Å². The third-order valence-corrected chi connectivity index (χ3v) is 3.84.